The molecule has 2 aromatic rings. The molecule has 0 bridgehead atoms. The van der Waals surface area contributed by atoms with Gasteiger partial charge in [0.05, 0.1) is 7.11 Å². The average Bonchev–Trinajstić information content (AvgIpc) is 2.64. The van der Waals surface area contributed by atoms with E-state index in [1.54, 1.807) is 19.2 Å². The summed E-state index contributed by atoms with van der Waals surface area (Å²) in [6.07, 6.45) is 0.740. The van der Waals surface area contributed by atoms with Crippen molar-refractivity contribution >= 4 is 0 Å². The van der Waals surface area contributed by atoms with Crippen LogP contribution in [0.2, 0.25) is 0 Å². The lowest BCUT2D eigenvalue weighted by molar-refractivity contribution is 0.0499. The highest BCUT2D eigenvalue weighted by Crippen LogP contribution is 2.20. The Hall–Kier alpha value is -1.95. The lowest BCUT2D eigenvalue weighted by Crippen LogP contribution is -2.52. The molecule has 1 aliphatic heterocycles. The van der Waals surface area contributed by atoms with Crippen molar-refractivity contribution in [3.05, 3.63) is 65.5 Å². The number of nitrogens with zero attached hydrogens (tertiary/aromatic N) is 2. The second kappa shape index (κ2) is 9.12. The fourth-order valence-corrected chi connectivity index (χ4v) is 3.63. The summed E-state index contributed by atoms with van der Waals surface area (Å²) in [6.45, 7) is 4.50. The van der Waals surface area contributed by atoms with E-state index in [0.717, 1.165) is 50.5 Å². The quantitative estimate of drug-likeness (QED) is 0.826. The monoisotopic (exact) mass is 358 g/mol. The molecular weight excluding hydrogens is 331 g/mol. The van der Waals surface area contributed by atoms with Gasteiger partial charge in [-0.3, -0.25) is 9.80 Å². The van der Waals surface area contributed by atoms with Gasteiger partial charge in [0.25, 0.3) is 0 Å². The summed E-state index contributed by atoms with van der Waals surface area (Å²) >= 11 is 0. The van der Waals surface area contributed by atoms with Gasteiger partial charge >= 0.3 is 0 Å². The van der Waals surface area contributed by atoms with E-state index < -0.39 is 0 Å². The Morgan fingerprint density at radius 2 is 1.85 bits per heavy atom. The van der Waals surface area contributed by atoms with Crippen molar-refractivity contribution < 1.29 is 14.2 Å². The van der Waals surface area contributed by atoms with Gasteiger partial charge in [-0.1, -0.05) is 24.3 Å². The Balaban J connectivity index is 1.63. The summed E-state index contributed by atoms with van der Waals surface area (Å²) < 4.78 is 18.7. The van der Waals surface area contributed by atoms with Crippen LogP contribution in [0.4, 0.5) is 4.39 Å². The zero-order chi connectivity index (χ0) is 18.4. The van der Waals surface area contributed by atoms with Crippen molar-refractivity contribution in [3.8, 4) is 5.75 Å². The fraction of sp³-hybridized carbons (Fsp3) is 0.429. The third-order valence-corrected chi connectivity index (χ3v) is 4.97. The number of aliphatic hydroxyl groups excluding tert-OH is 1. The van der Waals surface area contributed by atoms with E-state index in [1.807, 2.05) is 18.2 Å². The number of methoxy groups -OCH3 is 1. The maximum absolute atomic E-state index is 13.4. The van der Waals surface area contributed by atoms with Crippen LogP contribution in [-0.2, 0) is 13.1 Å². The number of piperazine rings is 1. The van der Waals surface area contributed by atoms with Gasteiger partial charge < -0.3 is 9.84 Å². The van der Waals surface area contributed by atoms with Crippen LogP contribution in [-0.4, -0.2) is 54.3 Å². The lowest BCUT2D eigenvalue weighted by Gasteiger charge is -2.41. The summed E-state index contributed by atoms with van der Waals surface area (Å²) in [6, 6.07) is 15.2. The minimum absolute atomic E-state index is 0.174. The third kappa shape index (κ3) is 5.04. The molecule has 0 saturated carbocycles. The summed E-state index contributed by atoms with van der Waals surface area (Å²) in [5.74, 6) is 0.678. The molecule has 0 unspecified atom stereocenters. The van der Waals surface area contributed by atoms with Gasteiger partial charge in [-0.2, -0.15) is 0 Å². The van der Waals surface area contributed by atoms with Crippen molar-refractivity contribution in [1.82, 2.24) is 9.80 Å². The Kier molecular flexibility index (Phi) is 6.61. The lowest BCUT2D eigenvalue weighted by atomic mass is 10.1. The Morgan fingerprint density at radius 3 is 2.58 bits per heavy atom. The number of hydrogen-bond donors (Lipinski definition) is 1. The number of hydrogen-bond acceptors (Lipinski definition) is 4. The van der Waals surface area contributed by atoms with E-state index in [9.17, 15) is 9.50 Å². The normalized spacial score (nSPS) is 18.8. The van der Waals surface area contributed by atoms with Crippen molar-refractivity contribution in [3.63, 3.8) is 0 Å². The minimum atomic E-state index is -0.189. The number of benzene rings is 2. The van der Waals surface area contributed by atoms with Crippen LogP contribution in [0.1, 0.15) is 17.5 Å². The molecule has 0 radical (unpaired) electrons. The summed E-state index contributed by atoms with van der Waals surface area (Å²) in [5.41, 5.74) is 2.21. The predicted molar refractivity (Wildman–Crippen MR) is 101 cm³/mol. The Bertz CT molecular complexity index is 710. The highest BCUT2D eigenvalue weighted by Gasteiger charge is 2.26. The Morgan fingerprint density at radius 1 is 1.08 bits per heavy atom. The third-order valence-electron chi connectivity index (χ3n) is 4.97. The molecule has 1 N–H and O–H groups in total. The van der Waals surface area contributed by atoms with Gasteiger partial charge in [-0.25, -0.2) is 4.39 Å². The van der Waals surface area contributed by atoms with Crippen LogP contribution < -0.4 is 4.74 Å². The van der Waals surface area contributed by atoms with Crippen LogP contribution in [0.3, 0.4) is 0 Å². The van der Waals surface area contributed by atoms with Gasteiger partial charge in [-0.05, 0) is 41.8 Å². The highest BCUT2D eigenvalue weighted by atomic mass is 19.1. The zero-order valence-electron chi connectivity index (χ0n) is 15.3. The molecule has 1 atom stereocenters. The molecule has 0 spiro atoms. The molecule has 0 amide bonds. The molecule has 5 heteroatoms. The summed E-state index contributed by atoms with van der Waals surface area (Å²) in [7, 11) is 1.68. The molecule has 1 fully saturated rings. The van der Waals surface area contributed by atoms with E-state index in [1.165, 1.54) is 11.6 Å². The number of ether oxygens (including phenoxy) is 1. The summed E-state index contributed by atoms with van der Waals surface area (Å²) in [4.78, 5) is 4.77. The molecular formula is C21H27FN2O2. The van der Waals surface area contributed by atoms with Crippen molar-refractivity contribution in [2.24, 2.45) is 0 Å². The van der Waals surface area contributed by atoms with Gasteiger partial charge in [0.1, 0.15) is 11.6 Å². The molecule has 3 rings (SSSR count). The molecule has 1 aliphatic rings. The summed E-state index contributed by atoms with van der Waals surface area (Å²) in [5, 5.41) is 9.48. The van der Waals surface area contributed by atoms with Gasteiger partial charge in [-0.15, -0.1) is 0 Å². The highest BCUT2D eigenvalue weighted by molar-refractivity contribution is 5.28. The van der Waals surface area contributed by atoms with E-state index in [-0.39, 0.29) is 18.5 Å². The van der Waals surface area contributed by atoms with E-state index in [0.29, 0.717) is 0 Å². The van der Waals surface area contributed by atoms with Crippen LogP contribution in [0.25, 0.3) is 0 Å². The molecule has 1 saturated heterocycles. The molecule has 140 valence electrons. The number of aliphatic hydroxyl groups is 1. The smallest absolute Gasteiger partial charge is 0.123 e. The van der Waals surface area contributed by atoms with Crippen molar-refractivity contribution in [1.29, 1.82) is 0 Å². The van der Waals surface area contributed by atoms with Crippen molar-refractivity contribution in [2.45, 2.75) is 25.6 Å². The maximum atomic E-state index is 13.4. The van der Waals surface area contributed by atoms with Crippen molar-refractivity contribution in [2.75, 3.05) is 33.4 Å². The van der Waals surface area contributed by atoms with Crippen LogP contribution >= 0.6 is 0 Å². The maximum Gasteiger partial charge on any atom is 0.123 e. The Labute approximate surface area is 154 Å². The average molecular weight is 358 g/mol. The zero-order valence-corrected chi connectivity index (χ0v) is 15.3. The molecule has 0 aliphatic carbocycles. The molecule has 0 aromatic heterocycles. The standard InChI is InChI=1S/C21H27FN2O2/c1-26-21-7-3-5-18(13-21)15-24-10-9-23(16-20(24)8-11-25)14-17-4-2-6-19(22)12-17/h2-7,12-13,20,25H,8-11,14-16H2,1H3/t20-/m1/s1. The van der Waals surface area contributed by atoms with E-state index in [2.05, 4.69) is 21.9 Å². The second-order valence-corrected chi connectivity index (χ2v) is 6.85. The topological polar surface area (TPSA) is 35.9 Å². The first-order valence-corrected chi connectivity index (χ1v) is 9.12. The minimum Gasteiger partial charge on any atom is -0.497 e. The number of halogens is 1. The van der Waals surface area contributed by atoms with Crippen LogP contribution in [0, 0.1) is 5.82 Å². The SMILES string of the molecule is COc1cccc(CN2CCN(Cc3cccc(F)c3)C[C@H]2CCO)c1. The molecule has 26 heavy (non-hydrogen) atoms. The first kappa shape index (κ1) is 18.8. The second-order valence-electron chi connectivity index (χ2n) is 6.85. The first-order valence-electron chi connectivity index (χ1n) is 9.12. The predicted octanol–water partition coefficient (Wildman–Crippen LogP) is 2.90. The van der Waals surface area contributed by atoms with Gasteiger partial charge in [0.15, 0.2) is 0 Å². The largest absolute Gasteiger partial charge is 0.497 e. The molecule has 1 heterocycles. The van der Waals surface area contributed by atoms with Gasteiger partial charge in [0.2, 0.25) is 0 Å². The van der Waals surface area contributed by atoms with E-state index >= 15 is 0 Å². The van der Waals surface area contributed by atoms with Gasteiger partial charge in [0, 0.05) is 45.4 Å². The molecule has 4 nitrogen and oxygen atoms in total. The van der Waals surface area contributed by atoms with E-state index in [4.69, 9.17) is 4.74 Å². The van der Waals surface area contributed by atoms with Crippen LogP contribution in [0.15, 0.2) is 48.5 Å². The first-order chi connectivity index (χ1) is 12.7. The molecule has 2 aromatic carbocycles. The fourth-order valence-electron chi connectivity index (χ4n) is 3.63. The number of rotatable bonds is 7. The van der Waals surface area contributed by atoms with Crippen LogP contribution in [0.5, 0.6) is 5.75 Å².